The normalized spacial score (nSPS) is 15.1. The third kappa shape index (κ3) is 8.94. The van der Waals surface area contributed by atoms with Crippen LogP contribution in [0.25, 0.3) is 0 Å². The molecule has 0 atom stereocenters. The van der Waals surface area contributed by atoms with E-state index in [9.17, 15) is 31.4 Å². The van der Waals surface area contributed by atoms with E-state index in [4.69, 9.17) is 12.2 Å². The Morgan fingerprint density at radius 1 is 0.837 bits per heavy atom. The Balaban J connectivity index is 1.50. The highest BCUT2D eigenvalue weighted by atomic mass is 32.1. The van der Waals surface area contributed by atoms with Crippen molar-refractivity contribution in [2.24, 2.45) is 5.92 Å². The van der Waals surface area contributed by atoms with Crippen molar-refractivity contribution in [3.8, 4) is 11.5 Å². The molecule has 0 saturated carbocycles. The lowest BCUT2D eigenvalue weighted by atomic mass is 9.72. The molecule has 0 radical (unpaired) electrons. The van der Waals surface area contributed by atoms with Crippen molar-refractivity contribution in [1.82, 2.24) is 4.90 Å². The maximum atomic E-state index is 12.7. The van der Waals surface area contributed by atoms with Crippen molar-refractivity contribution < 1.29 is 40.9 Å². The van der Waals surface area contributed by atoms with Crippen molar-refractivity contribution in [3.63, 3.8) is 0 Å². The highest BCUT2D eigenvalue weighted by Gasteiger charge is 2.42. The summed E-state index contributed by atoms with van der Waals surface area (Å²) >= 11 is 5.25. The fourth-order valence-electron chi connectivity index (χ4n) is 5.26. The molecule has 1 aliphatic heterocycles. The number of hydrogen-bond acceptors (Lipinski definition) is 5. The van der Waals surface area contributed by atoms with E-state index < -0.39 is 29.8 Å². The Labute approximate surface area is 250 Å². The number of hydrogen-bond donors (Lipinski definition) is 2. The summed E-state index contributed by atoms with van der Waals surface area (Å²) in [5, 5.41) is 15.3. The molecule has 4 rings (SSSR count). The summed E-state index contributed by atoms with van der Waals surface area (Å²) in [5.41, 5.74) is 0.841. The first-order valence-corrected chi connectivity index (χ1v) is 13.8. The molecular formula is C31H30F6N2O3S. The van der Waals surface area contributed by atoms with Crippen LogP contribution in [-0.4, -0.2) is 40.8 Å². The van der Waals surface area contributed by atoms with Crippen LogP contribution in [0.5, 0.6) is 11.5 Å². The average Bonchev–Trinajstić information content (AvgIpc) is 2.93. The van der Waals surface area contributed by atoms with E-state index in [0.717, 1.165) is 35.5 Å². The molecule has 1 heterocycles. The number of thiocarbonyl (C=S) groups is 1. The zero-order chi connectivity index (χ0) is 31.3. The fourth-order valence-corrected chi connectivity index (χ4v) is 5.50. The highest BCUT2D eigenvalue weighted by Crippen LogP contribution is 2.43. The van der Waals surface area contributed by atoms with Crippen LogP contribution in [0.4, 0.5) is 32.0 Å². The average molecular weight is 625 g/mol. The number of halogens is 6. The van der Waals surface area contributed by atoms with Gasteiger partial charge in [0.05, 0.1) is 4.99 Å². The molecule has 1 aliphatic rings. The number of ether oxygens (including phenoxy) is 2. The molecule has 2 N–H and O–H groups in total. The minimum atomic E-state index is -4.88. The Morgan fingerprint density at radius 3 is 1.72 bits per heavy atom. The summed E-state index contributed by atoms with van der Waals surface area (Å²) in [7, 11) is 0. The van der Waals surface area contributed by atoms with E-state index in [1.54, 1.807) is 6.08 Å². The number of nitrogens with zero attached hydrogens (tertiary/aromatic N) is 1. The number of piperidine rings is 1. The van der Waals surface area contributed by atoms with Gasteiger partial charge in [0, 0.05) is 18.7 Å². The third-order valence-electron chi connectivity index (χ3n) is 7.21. The first-order valence-electron chi connectivity index (χ1n) is 13.4. The fraction of sp³-hybridized carbons (Fsp3) is 0.323. The molecule has 5 nitrogen and oxygen atoms in total. The zero-order valence-electron chi connectivity index (χ0n) is 22.9. The van der Waals surface area contributed by atoms with Crippen LogP contribution >= 0.6 is 12.2 Å². The van der Waals surface area contributed by atoms with Crippen molar-refractivity contribution in [1.29, 1.82) is 0 Å². The standard InChI is InChI=1S/C31H30F6N2O3S/c1-2-3-28(43)38-25-10-4-21(5-11-25)20-39-18-16-24(17-19-39)29(40,22-6-12-26(13-7-22)41-30(32,33)34)23-8-14-27(15-9-23)42-31(35,36)37/h2,4-15,24,40H,1,3,16-20H2,(H,38,43). The number of aliphatic hydroxyl groups is 1. The number of alkyl halides is 6. The zero-order valence-corrected chi connectivity index (χ0v) is 23.7. The molecule has 3 aromatic rings. The van der Waals surface area contributed by atoms with E-state index >= 15 is 0 Å². The monoisotopic (exact) mass is 624 g/mol. The van der Waals surface area contributed by atoms with Gasteiger partial charge in [0.25, 0.3) is 0 Å². The number of benzene rings is 3. The summed E-state index contributed by atoms with van der Waals surface area (Å²) in [6, 6.07) is 17.6. The predicted molar refractivity (Wildman–Crippen MR) is 155 cm³/mol. The summed E-state index contributed by atoms with van der Waals surface area (Å²) < 4.78 is 84.1. The number of nitrogens with one attached hydrogen (secondary N) is 1. The highest BCUT2D eigenvalue weighted by molar-refractivity contribution is 7.80. The lowest BCUT2D eigenvalue weighted by Crippen LogP contribution is -2.44. The Kier molecular flexibility index (Phi) is 10.0. The van der Waals surface area contributed by atoms with Gasteiger partial charge >= 0.3 is 12.7 Å². The maximum Gasteiger partial charge on any atom is 0.573 e. The predicted octanol–water partition coefficient (Wildman–Crippen LogP) is 7.95. The SMILES string of the molecule is C=CCC(=S)Nc1ccc(CN2CCC(C(O)(c3ccc(OC(F)(F)F)cc3)c3ccc(OC(F)(F)F)cc3)CC2)cc1. The lowest BCUT2D eigenvalue weighted by Gasteiger charge is -2.42. The molecule has 0 aromatic heterocycles. The molecule has 0 aliphatic carbocycles. The molecule has 0 bridgehead atoms. The van der Waals surface area contributed by atoms with Gasteiger partial charge in [-0.25, -0.2) is 0 Å². The molecule has 3 aromatic carbocycles. The molecular weight excluding hydrogens is 594 g/mol. The number of anilines is 1. The van der Waals surface area contributed by atoms with Crippen LogP contribution < -0.4 is 14.8 Å². The van der Waals surface area contributed by atoms with Crippen molar-refractivity contribution >= 4 is 22.9 Å². The van der Waals surface area contributed by atoms with Gasteiger partial charge in [-0.2, -0.15) is 0 Å². The van der Waals surface area contributed by atoms with Crippen LogP contribution in [-0.2, 0) is 12.1 Å². The molecule has 1 fully saturated rings. The van der Waals surface area contributed by atoms with Gasteiger partial charge in [-0.15, -0.1) is 32.9 Å². The summed E-state index contributed by atoms with van der Waals surface area (Å²) in [5.74, 6) is -1.29. The summed E-state index contributed by atoms with van der Waals surface area (Å²) in [6.07, 6.45) is -6.41. The lowest BCUT2D eigenvalue weighted by molar-refractivity contribution is -0.275. The van der Waals surface area contributed by atoms with Crippen LogP contribution in [0.15, 0.2) is 85.5 Å². The Hall–Kier alpha value is -3.61. The van der Waals surface area contributed by atoms with E-state index in [-0.39, 0.29) is 5.92 Å². The molecule has 12 heteroatoms. The van der Waals surface area contributed by atoms with Crippen LogP contribution in [0.3, 0.4) is 0 Å². The largest absolute Gasteiger partial charge is 0.573 e. The molecule has 1 saturated heterocycles. The maximum absolute atomic E-state index is 12.7. The number of likely N-dealkylation sites (tertiary alicyclic amines) is 1. The van der Waals surface area contributed by atoms with Crippen LogP contribution in [0, 0.1) is 5.92 Å². The van der Waals surface area contributed by atoms with Crippen molar-refractivity contribution in [3.05, 3.63) is 102 Å². The minimum absolute atomic E-state index is 0.294. The Morgan fingerprint density at radius 2 is 1.30 bits per heavy atom. The third-order valence-corrected chi connectivity index (χ3v) is 7.48. The van der Waals surface area contributed by atoms with E-state index in [1.165, 1.54) is 24.3 Å². The van der Waals surface area contributed by atoms with Crippen LogP contribution in [0.2, 0.25) is 0 Å². The van der Waals surface area contributed by atoms with E-state index in [1.807, 2.05) is 24.3 Å². The number of rotatable bonds is 10. The van der Waals surface area contributed by atoms with Gasteiger partial charge in [-0.05, 0) is 84.9 Å². The quantitative estimate of drug-likeness (QED) is 0.136. The molecule has 230 valence electrons. The van der Waals surface area contributed by atoms with Gasteiger partial charge in [0.15, 0.2) is 0 Å². The molecule has 0 amide bonds. The smallest absolute Gasteiger partial charge is 0.406 e. The van der Waals surface area contributed by atoms with Gasteiger partial charge in [0.2, 0.25) is 0 Å². The van der Waals surface area contributed by atoms with Crippen molar-refractivity contribution in [2.45, 2.75) is 44.1 Å². The molecule has 0 unspecified atom stereocenters. The Bertz CT molecular complexity index is 1310. The molecule has 0 spiro atoms. The van der Waals surface area contributed by atoms with Gasteiger partial charge in [-0.3, -0.25) is 4.90 Å². The second kappa shape index (κ2) is 13.4. The summed E-state index contributed by atoms with van der Waals surface area (Å²) in [6.45, 7) is 5.56. The summed E-state index contributed by atoms with van der Waals surface area (Å²) in [4.78, 5) is 2.89. The second-order valence-corrected chi connectivity index (χ2v) is 10.7. The van der Waals surface area contributed by atoms with Gasteiger partial charge in [-0.1, -0.05) is 54.7 Å². The first-order chi connectivity index (χ1) is 20.2. The minimum Gasteiger partial charge on any atom is -0.406 e. The van der Waals surface area contributed by atoms with E-state index in [0.29, 0.717) is 55.0 Å². The molecule has 43 heavy (non-hydrogen) atoms. The second-order valence-electron chi connectivity index (χ2n) is 10.2. The van der Waals surface area contributed by atoms with Gasteiger partial charge in [0.1, 0.15) is 17.1 Å². The van der Waals surface area contributed by atoms with E-state index in [2.05, 4.69) is 26.3 Å². The van der Waals surface area contributed by atoms with Crippen LogP contribution in [0.1, 0.15) is 36.0 Å². The first kappa shape index (κ1) is 32.3. The van der Waals surface area contributed by atoms with Crippen molar-refractivity contribution in [2.75, 3.05) is 18.4 Å². The van der Waals surface area contributed by atoms with Gasteiger partial charge < -0.3 is 19.9 Å². The topological polar surface area (TPSA) is 54.0 Å².